The number of ether oxygens (including phenoxy) is 1. The van der Waals surface area contributed by atoms with Crippen LogP contribution in [0.5, 0.6) is 0 Å². The summed E-state index contributed by atoms with van der Waals surface area (Å²) in [5, 5.41) is 9.23. The predicted molar refractivity (Wildman–Crippen MR) is 119 cm³/mol. The first-order chi connectivity index (χ1) is 14.0. The third kappa shape index (κ3) is 12.8. The average Bonchev–Trinajstić information content (AvgIpc) is 2.70. The fourth-order valence-corrected chi connectivity index (χ4v) is 4.05. The van der Waals surface area contributed by atoms with Crippen molar-refractivity contribution in [1.82, 2.24) is 0 Å². The summed E-state index contributed by atoms with van der Waals surface area (Å²) in [6, 6.07) is 0. The SMILES string of the molecule is CC(C)CCCCCCCCCCCCCCOC(=O)C1CC=CCC1C(=O)O. The maximum Gasteiger partial charge on any atom is 0.310 e. The van der Waals surface area contributed by atoms with Gasteiger partial charge >= 0.3 is 11.9 Å². The van der Waals surface area contributed by atoms with E-state index in [0.717, 1.165) is 18.8 Å². The van der Waals surface area contributed by atoms with E-state index in [2.05, 4.69) is 13.8 Å². The first-order valence-corrected chi connectivity index (χ1v) is 12.1. The fraction of sp³-hybridized carbons (Fsp3) is 0.840. The van der Waals surface area contributed by atoms with Gasteiger partial charge in [-0.25, -0.2) is 0 Å². The molecule has 0 aliphatic heterocycles. The number of hydrogen-bond acceptors (Lipinski definition) is 3. The first kappa shape index (κ1) is 25.7. The van der Waals surface area contributed by atoms with Crippen LogP contribution in [0.2, 0.25) is 0 Å². The van der Waals surface area contributed by atoms with Gasteiger partial charge in [0, 0.05) is 0 Å². The average molecular weight is 409 g/mol. The molecule has 1 rings (SSSR count). The van der Waals surface area contributed by atoms with Crippen molar-refractivity contribution in [1.29, 1.82) is 0 Å². The van der Waals surface area contributed by atoms with Crippen LogP contribution < -0.4 is 0 Å². The summed E-state index contributed by atoms with van der Waals surface area (Å²) in [4.78, 5) is 23.4. The van der Waals surface area contributed by atoms with Crippen LogP contribution in [0.3, 0.4) is 0 Å². The van der Waals surface area contributed by atoms with E-state index in [1.807, 2.05) is 12.2 Å². The number of hydrogen-bond donors (Lipinski definition) is 1. The van der Waals surface area contributed by atoms with Gasteiger partial charge in [0.15, 0.2) is 0 Å². The van der Waals surface area contributed by atoms with Gasteiger partial charge in [-0.05, 0) is 25.2 Å². The Labute approximate surface area is 178 Å². The Morgan fingerprint density at radius 1 is 0.793 bits per heavy atom. The third-order valence-electron chi connectivity index (χ3n) is 5.97. The second-order valence-corrected chi connectivity index (χ2v) is 9.09. The molecule has 0 saturated heterocycles. The van der Waals surface area contributed by atoms with Crippen molar-refractivity contribution >= 4 is 11.9 Å². The second kappa shape index (κ2) is 16.5. The molecule has 1 aliphatic rings. The normalized spacial score (nSPS) is 18.9. The predicted octanol–water partition coefficient (Wildman–Crippen LogP) is 6.92. The molecule has 0 fully saturated rings. The molecule has 1 N–H and O–H groups in total. The van der Waals surface area contributed by atoms with Crippen LogP contribution in [-0.4, -0.2) is 23.7 Å². The van der Waals surface area contributed by atoms with Crippen molar-refractivity contribution in [3.05, 3.63) is 12.2 Å². The monoisotopic (exact) mass is 408 g/mol. The van der Waals surface area contributed by atoms with E-state index in [4.69, 9.17) is 4.74 Å². The minimum absolute atomic E-state index is 0.342. The van der Waals surface area contributed by atoms with E-state index in [0.29, 0.717) is 19.4 Å². The summed E-state index contributed by atoms with van der Waals surface area (Å²) in [5.74, 6) is -1.55. The van der Waals surface area contributed by atoms with Crippen LogP contribution in [0.1, 0.15) is 110 Å². The highest BCUT2D eigenvalue weighted by molar-refractivity contribution is 5.81. The lowest BCUT2D eigenvalue weighted by Gasteiger charge is -2.23. The fourth-order valence-electron chi connectivity index (χ4n) is 4.05. The lowest BCUT2D eigenvalue weighted by Crippen LogP contribution is -2.32. The highest BCUT2D eigenvalue weighted by Crippen LogP contribution is 2.27. The van der Waals surface area contributed by atoms with Crippen LogP contribution in [-0.2, 0) is 14.3 Å². The number of aliphatic carboxylic acids is 1. The number of unbranched alkanes of at least 4 members (excludes halogenated alkanes) is 11. The molecule has 0 spiro atoms. The number of rotatable bonds is 17. The first-order valence-electron chi connectivity index (χ1n) is 12.1. The van der Waals surface area contributed by atoms with Crippen molar-refractivity contribution in [2.75, 3.05) is 6.61 Å². The molecule has 4 nitrogen and oxygen atoms in total. The van der Waals surface area contributed by atoms with Gasteiger partial charge in [0.2, 0.25) is 0 Å². The van der Waals surface area contributed by atoms with Crippen LogP contribution in [0.25, 0.3) is 0 Å². The van der Waals surface area contributed by atoms with Gasteiger partial charge in [0.1, 0.15) is 0 Å². The number of esters is 1. The molecule has 2 unspecified atom stereocenters. The van der Waals surface area contributed by atoms with E-state index in [1.165, 1.54) is 70.6 Å². The number of allylic oxidation sites excluding steroid dienone is 2. The molecule has 0 aromatic heterocycles. The number of carbonyl (C=O) groups excluding carboxylic acids is 1. The van der Waals surface area contributed by atoms with Crippen molar-refractivity contribution in [2.24, 2.45) is 17.8 Å². The third-order valence-corrected chi connectivity index (χ3v) is 5.97. The maximum absolute atomic E-state index is 12.1. The maximum atomic E-state index is 12.1. The summed E-state index contributed by atoms with van der Waals surface area (Å²) in [6.07, 6.45) is 21.4. The van der Waals surface area contributed by atoms with Crippen molar-refractivity contribution in [3.8, 4) is 0 Å². The quantitative estimate of drug-likeness (QED) is 0.161. The van der Waals surface area contributed by atoms with E-state index >= 15 is 0 Å². The molecule has 168 valence electrons. The Hall–Kier alpha value is -1.32. The van der Waals surface area contributed by atoms with Gasteiger partial charge in [-0.3, -0.25) is 9.59 Å². The Kier molecular flexibility index (Phi) is 14.6. The van der Waals surface area contributed by atoms with Crippen LogP contribution in [0.15, 0.2) is 12.2 Å². The molecule has 0 aromatic carbocycles. The smallest absolute Gasteiger partial charge is 0.310 e. The van der Waals surface area contributed by atoms with Gasteiger partial charge in [-0.15, -0.1) is 0 Å². The van der Waals surface area contributed by atoms with Crippen LogP contribution >= 0.6 is 0 Å². The molecule has 0 heterocycles. The zero-order chi connectivity index (χ0) is 21.3. The summed E-state index contributed by atoms with van der Waals surface area (Å²) < 4.78 is 5.34. The van der Waals surface area contributed by atoms with Crippen molar-refractivity contribution < 1.29 is 19.4 Å². The van der Waals surface area contributed by atoms with E-state index < -0.39 is 17.8 Å². The molecule has 29 heavy (non-hydrogen) atoms. The van der Waals surface area contributed by atoms with E-state index in [1.54, 1.807) is 0 Å². The molecule has 2 atom stereocenters. The van der Waals surface area contributed by atoms with E-state index in [9.17, 15) is 14.7 Å². The van der Waals surface area contributed by atoms with Gasteiger partial charge in [0.05, 0.1) is 18.4 Å². The molecule has 1 aliphatic carbocycles. The second-order valence-electron chi connectivity index (χ2n) is 9.09. The minimum Gasteiger partial charge on any atom is -0.481 e. The lowest BCUT2D eigenvalue weighted by molar-refractivity contribution is -0.158. The molecular formula is C25H44O4. The van der Waals surface area contributed by atoms with E-state index in [-0.39, 0.29) is 5.97 Å². The lowest BCUT2D eigenvalue weighted by atomic mass is 9.83. The Morgan fingerprint density at radius 3 is 1.72 bits per heavy atom. The highest BCUT2D eigenvalue weighted by Gasteiger charge is 2.34. The minimum atomic E-state index is -0.901. The van der Waals surface area contributed by atoms with Gasteiger partial charge in [-0.2, -0.15) is 0 Å². The Balaban J connectivity index is 1.88. The zero-order valence-electron chi connectivity index (χ0n) is 18.9. The Bertz CT molecular complexity index is 469. The summed E-state index contributed by atoms with van der Waals surface area (Å²) >= 11 is 0. The zero-order valence-corrected chi connectivity index (χ0v) is 18.9. The molecule has 0 amide bonds. The number of carbonyl (C=O) groups is 2. The van der Waals surface area contributed by atoms with Crippen LogP contribution in [0.4, 0.5) is 0 Å². The molecular weight excluding hydrogens is 364 g/mol. The standard InChI is InChI=1S/C25H44O4/c1-21(2)17-13-11-9-7-5-3-4-6-8-10-12-16-20-29-25(28)23-19-15-14-18-22(23)24(26)27/h14-15,21-23H,3-13,16-20H2,1-2H3,(H,26,27). The van der Waals surface area contributed by atoms with Gasteiger partial charge < -0.3 is 9.84 Å². The Morgan fingerprint density at radius 2 is 1.24 bits per heavy atom. The summed E-state index contributed by atoms with van der Waals surface area (Å²) in [6.45, 7) is 5.03. The molecule has 0 radical (unpaired) electrons. The topological polar surface area (TPSA) is 63.6 Å². The van der Waals surface area contributed by atoms with Gasteiger partial charge in [0.25, 0.3) is 0 Å². The largest absolute Gasteiger partial charge is 0.481 e. The number of carboxylic acid groups (broad SMARTS) is 1. The number of carboxylic acids is 1. The molecule has 0 aromatic rings. The highest BCUT2D eigenvalue weighted by atomic mass is 16.5. The van der Waals surface area contributed by atoms with Crippen molar-refractivity contribution in [2.45, 2.75) is 110 Å². The van der Waals surface area contributed by atoms with Crippen LogP contribution in [0, 0.1) is 17.8 Å². The van der Waals surface area contributed by atoms with Crippen molar-refractivity contribution in [3.63, 3.8) is 0 Å². The molecule has 0 saturated carbocycles. The molecule has 4 heteroatoms. The van der Waals surface area contributed by atoms with Gasteiger partial charge in [-0.1, -0.05) is 103 Å². The summed E-state index contributed by atoms with van der Waals surface area (Å²) in [5.41, 5.74) is 0. The molecule has 0 bridgehead atoms. The summed E-state index contributed by atoms with van der Waals surface area (Å²) in [7, 11) is 0.